The average Bonchev–Trinajstić information content (AvgIpc) is 2.72. The molecule has 0 saturated heterocycles. The Morgan fingerprint density at radius 3 is 2.82 bits per heavy atom. The van der Waals surface area contributed by atoms with Crippen molar-refractivity contribution in [2.75, 3.05) is 12.4 Å². The molecule has 1 aromatic carbocycles. The number of guanidine groups is 1. The maximum absolute atomic E-state index is 12.7. The Morgan fingerprint density at radius 1 is 1.29 bits per heavy atom. The third-order valence-electron chi connectivity index (χ3n) is 5.21. The van der Waals surface area contributed by atoms with Crippen LogP contribution in [-0.2, 0) is 6.54 Å². The fraction of sp³-hybridized carbons (Fsp3) is 0.381. The lowest BCUT2D eigenvalue weighted by atomic mass is 9.91. The fourth-order valence-corrected chi connectivity index (χ4v) is 3.73. The average molecular weight is 379 g/mol. The highest BCUT2D eigenvalue weighted by Crippen LogP contribution is 2.30. The number of anilines is 1. The predicted molar refractivity (Wildman–Crippen MR) is 110 cm³/mol. The van der Waals surface area contributed by atoms with E-state index in [9.17, 15) is 4.79 Å². The molecule has 4 rings (SSSR count). The molecule has 1 aromatic heterocycles. The van der Waals surface area contributed by atoms with Gasteiger partial charge in [-0.1, -0.05) is 24.3 Å². The van der Waals surface area contributed by atoms with E-state index in [0.29, 0.717) is 30.1 Å². The molecular formula is C21H25N5O2. The molecule has 2 heterocycles. The fourth-order valence-electron chi connectivity index (χ4n) is 3.73. The van der Waals surface area contributed by atoms with Gasteiger partial charge in [0.05, 0.1) is 13.7 Å². The number of fused-ring (bicyclic) bond motifs is 1. The number of aliphatic imine (C=N–C) groups is 1. The van der Waals surface area contributed by atoms with Gasteiger partial charge in [-0.25, -0.2) is 9.98 Å². The van der Waals surface area contributed by atoms with Crippen molar-refractivity contribution < 1.29 is 4.74 Å². The summed E-state index contributed by atoms with van der Waals surface area (Å²) in [6, 6.07) is 9.42. The van der Waals surface area contributed by atoms with E-state index in [1.165, 1.54) is 0 Å². The van der Waals surface area contributed by atoms with Crippen LogP contribution in [0.15, 0.2) is 52.3 Å². The summed E-state index contributed by atoms with van der Waals surface area (Å²) < 4.78 is 6.93. The molecule has 0 unspecified atom stereocenters. The Bertz CT molecular complexity index is 962. The lowest BCUT2D eigenvalue weighted by Gasteiger charge is -2.36. The van der Waals surface area contributed by atoms with Crippen LogP contribution in [0.1, 0.15) is 36.7 Å². The second-order valence-electron chi connectivity index (χ2n) is 7.20. The van der Waals surface area contributed by atoms with Gasteiger partial charge in [0.25, 0.3) is 5.56 Å². The van der Waals surface area contributed by atoms with E-state index >= 15 is 0 Å². The minimum atomic E-state index is -0.156. The lowest BCUT2D eigenvalue weighted by molar-refractivity contribution is 0.276. The largest absolute Gasteiger partial charge is 0.497 e. The van der Waals surface area contributed by atoms with E-state index in [1.54, 1.807) is 17.7 Å². The van der Waals surface area contributed by atoms with Gasteiger partial charge in [0.15, 0.2) is 5.96 Å². The topological polar surface area (TPSA) is 80.5 Å². The summed E-state index contributed by atoms with van der Waals surface area (Å²) in [5.41, 5.74) is 1.73. The van der Waals surface area contributed by atoms with Crippen molar-refractivity contribution in [2.45, 2.75) is 38.9 Å². The quantitative estimate of drug-likeness (QED) is 0.799. The van der Waals surface area contributed by atoms with Gasteiger partial charge in [0.1, 0.15) is 11.9 Å². The molecular weight excluding hydrogens is 354 g/mol. The number of benzene rings is 1. The van der Waals surface area contributed by atoms with Gasteiger partial charge >= 0.3 is 0 Å². The smallest absolute Gasteiger partial charge is 0.256 e. The first-order valence-corrected chi connectivity index (χ1v) is 9.60. The van der Waals surface area contributed by atoms with E-state index in [4.69, 9.17) is 9.73 Å². The molecule has 2 N–H and O–H groups in total. The van der Waals surface area contributed by atoms with Gasteiger partial charge in [0.2, 0.25) is 5.95 Å². The van der Waals surface area contributed by atoms with Crippen LogP contribution in [0.4, 0.5) is 5.95 Å². The van der Waals surface area contributed by atoms with E-state index < -0.39 is 0 Å². The zero-order chi connectivity index (χ0) is 19.5. The SMILES string of the molecule is COc1ccc(CN=C2Nc3nc(C)cc(=O)n3[C@H]([C@@H]3CC=CCC3)N2)cc1. The molecule has 28 heavy (non-hydrogen) atoms. The van der Waals surface area contributed by atoms with Gasteiger partial charge < -0.3 is 10.1 Å². The molecule has 1 aliphatic carbocycles. The highest BCUT2D eigenvalue weighted by atomic mass is 16.5. The number of hydrogen-bond acceptors (Lipinski definition) is 4. The van der Waals surface area contributed by atoms with Crippen LogP contribution >= 0.6 is 0 Å². The van der Waals surface area contributed by atoms with Gasteiger partial charge in [-0.15, -0.1) is 0 Å². The molecule has 0 amide bonds. The van der Waals surface area contributed by atoms with Gasteiger partial charge in [-0.3, -0.25) is 14.7 Å². The highest BCUT2D eigenvalue weighted by molar-refractivity contribution is 5.93. The normalized spacial score (nSPS) is 22.3. The molecule has 146 valence electrons. The Kier molecular flexibility index (Phi) is 5.14. The van der Waals surface area contributed by atoms with Crippen LogP contribution in [0.3, 0.4) is 0 Å². The zero-order valence-corrected chi connectivity index (χ0v) is 16.2. The Morgan fingerprint density at radius 2 is 2.11 bits per heavy atom. The number of nitrogens with zero attached hydrogens (tertiary/aromatic N) is 3. The van der Waals surface area contributed by atoms with Crippen LogP contribution in [-0.4, -0.2) is 22.6 Å². The molecule has 2 aromatic rings. The second-order valence-corrected chi connectivity index (χ2v) is 7.20. The van der Waals surface area contributed by atoms with Crippen molar-refractivity contribution in [1.82, 2.24) is 14.9 Å². The van der Waals surface area contributed by atoms with Crippen LogP contribution in [0, 0.1) is 12.8 Å². The molecule has 0 fully saturated rings. The minimum Gasteiger partial charge on any atom is -0.497 e. The number of ether oxygens (including phenoxy) is 1. The number of aromatic nitrogens is 2. The first-order valence-electron chi connectivity index (χ1n) is 9.60. The molecule has 2 atom stereocenters. The van der Waals surface area contributed by atoms with Gasteiger partial charge in [0, 0.05) is 17.7 Å². The van der Waals surface area contributed by atoms with Crippen molar-refractivity contribution in [3.05, 3.63) is 64.1 Å². The summed E-state index contributed by atoms with van der Waals surface area (Å²) in [7, 11) is 1.65. The maximum Gasteiger partial charge on any atom is 0.256 e. The van der Waals surface area contributed by atoms with E-state index in [2.05, 4.69) is 27.8 Å². The molecule has 0 radical (unpaired) electrons. The van der Waals surface area contributed by atoms with Crippen molar-refractivity contribution in [2.24, 2.45) is 10.9 Å². The number of allylic oxidation sites excluding steroid dienone is 2. The van der Waals surface area contributed by atoms with Gasteiger partial charge in [-0.05, 0) is 43.9 Å². The summed E-state index contributed by atoms with van der Waals surface area (Å²) in [5, 5.41) is 6.62. The Labute approximate surface area is 164 Å². The number of nitrogens with one attached hydrogen (secondary N) is 2. The van der Waals surface area contributed by atoms with E-state index in [1.807, 2.05) is 31.2 Å². The van der Waals surface area contributed by atoms with Crippen LogP contribution < -0.4 is 20.9 Å². The van der Waals surface area contributed by atoms with Crippen molar-refractivity contribution in [3.63, 3.8) is 0 Å². The minimum absolute atomic E-state index is 0.0451. The van der Waals surface area contributed by atoms with Crippen LogP contribution in [0.25, 0.3) is 0 Å². The summed E-state index contributed by atoms with van der Waals surface area (Å²) in [6.07, 6.45) is 7.23. The Hall–Kier alpha value is -3.09. The molecule has 0 bridgehead atoms. The number of aryl methyl sites for hydroxylation is 1. The monoisotopic (exact) mass is 379 g/mol. The predicted octanol–water partition coefficient (Wildman–Crippen LogP) is 2.99. The van der Waals surface area contributed by atoms with E-state index in [0.717, 1.165) is 30.6 Å². The van der Waals surface area contributed by atoms with Gasteiger partial charge in [-0.2, -0.15) is 0 Å². The summed E-state index contributed by atoms with van der Waals surface area (Å²) in [6.45, 7) is 2.35. The highest BCUT2D eigenvalue weighted by Gasteiger charge is 2.31. The molecule has 7 heteroatoms. The zero-order valence-electron chi connectivity index (χ0n) is 16.2. The molecule has 0 saturated carbocycles. The molecule has 2 aliphatic rings. The van der Waals surface area contributed by atoms with Crippen molar-refractivity contribution in [3.8, 4) is 5.75 Å². The second kappa shape index (κ2) is 7.88. The van der Waals surface area contributed by atoms with Crippen LogP contribution in [0.5, 0.6) is 5.75 Å². The van der Waals surface area contributed by atoms with Crippen LogP contribution in [0.2, 0.25) is 0 Å². The molecule has 1 aliphatic heterocycles. The van der Waals surface area contributed by atoms with E-state index in [-0.39, 0.29) is 11.7 Å². The maximum atomic E-state index is 12.7. The first kappa shape index (κ1) is 18.3. The first-order chi connectivity index (χ1) is 13.6. The van der Waals surface area contributed by atoms with Crippen molar-refractivity contribution >= 4 is 11.9 Å². The third-order valence-corrected chi connectivity index (χ3v) is 5.21. The lowest BCUT2D eigenvalue weighted by Crippen LogP contribution is -2.50. The number of hydrogen-bond donors (Lipinski definition) is 2. The standard InChI is InChI=1S/C21H25N5O2/c1-14-12-18(27)26-19(16-6-4-3-5-7-16)24-20(25-21(26)23-14)22-13-15-8-10-17(28-2)11-9-15/h3-4,8-12,16,19H,5-7,13H2,1-2H3,(H2,22,23,24,25)/t16-,19-/m1/s1. The molecule has 0 spiro atoms. The third kappa shape index (κ3) is 3.78. The summed E-state index contributed by atoms with van der Waals surface area (Å²) in [4.78, 5) is 21.9. The summed E-state index contributed by atoms with van der Waals surface area (Å²) >= 11 is 0. The van der Waals surface area contributed by atoms with Crippen molar-refractivity contribution in [1.29, 1.82) is 0 Å². The summed E-state index contributed by atoms with van der Waals surface area (Å²) in [5.74, 6) is 2.34. The number of methoxy groups -OCH3 is 1. The molecule has 7 nitrogen and oxygen atoms in total. The number of rotatable bonds is 4. The Balaban J connectivity index is 1.62.